The molecule has 0 aromatic carbocycles. The molecule has 88 valence electrons. The largest absolute Gasteiger partial charge is 0.372 e. The molecule has 0 bridgehead atoms. The van der Waals surface area contributed by atoms with E-state index in [2.05, 4.69) is 41.3 Å². The fourth-order valence-electron chi connectivity index (χ4n) is 2.46. The van der Waals surface area contributed by atoms with Crippen molar-refractivity contribution in [3.05, 3.63) is 24.5 Å². The van der Waals surface area contributed by atoms with Crippen molar-refractivity contribution in [3.8, 4) is 0 Å². The lowest BCUT2D eigenvalue weighted by Crippen LogP contribution is -2.41. The van der Waals surface area contributed by atoms with Crippen LogP contribution < -0.4 is 10.2 Å². The number of aromatic nitrogens is 1. The van der Waals surface area contributed by atoms with E-state index in [0.29, 0.717) is 6.04 Å². The Morgan fingerprint density at radius 2 is 1.94 bits per heavy atom. The predicted molar refractivity (Wildman–Crippen MR) is 67.7 cm³/mol. The van der Waals surface area contributed by atoms with Crippen LogP contribution in [0, 0.1) is 5.92 Å². The molecule has 1 fully saturated rings. The maximum absolute atomic E-state index is 4.06. The van der Waals surface area contributed by atoms with E-state index in [9.17, 15) is 0 Å². The lowest BCUT2D eigenvalue weighted by Gasteiger charge is -2.35. The van der Waals surface area contributed by atoms with Crippen molar-refractivity contribution in [3.63, 3.8) is 0 Å². The molecule has 1 saturated heterocycles. The number of pyridine rings is 1. The van der Waals surface area contributed by atoms with Crippen molar-refractivity contribution in [1.29, 1.82) is 0 Å². The van der Waals surface area contributed by atoms with Gasteiger partial charge in [0.2, 0.25) is 0 Å². The molecule has 0 amide bonds. The molecule has 1 aliphatic heterocycles. The van der Waals surface area contributed by atoms with Gasteiger partial charge in [-0.15, -0.1) is 0 Å². The van der Waals surface area contributed by atoms with Crippen molar-refractivity contribution in [2.75, 3.05) is 25.0 Å². The highest BCUT2D eigenvalue weighted by molar-refractivity contribution is 5.44. The molecule has 1 atom stereocenters. The van der Waals surface area contributed by atoms with E-state index in [1.807, 2.05) is 12.4 Å². The molecule has 3 nitrogen and oxygen atoms in total. The first kappa shape index (κ1) is 11.4. The molecule has 1 aromatic rings. The number of hydrogen-bond donors (Lipinski definition) is 1. The van der Waals surface area contributed by atoms with Gasteiger partial charge in [-0.3, -0.25) is 4.98 Å². The molecule has 1 aromatic heterocycles. The Hall–Kier alpha value is -1.09. The molecule has 0 saturated carbocycles. The normalized spacial score (nSPS) is 19.4. The van der Waals surface area contributed by atoms with E-state index in [4.69, 9.17) is 0 Å². The summed E-state index contributed by atoms with van der Waals surface area (Å²) in [7, 11) is 2.18. The minimum atomic E-state index is 0.601. The average Bonchev–Trinajstić information content (AvgIpc) is 2.39. The minimum Gasteiger partial charge on any atom is -0.372 e. The Bertz CT molecular complexity index is 306. The summed E-state index contributed by atoms with van der Waals surface area (Å²) in [5.41, 5.74) is 1.26. The van der Waals surface area contributed by atoms with Crippen LogP contribution in [0.15, 0.2) is 24.5 Å². The summed E-state index contributed by atoms with van der Waals surface area (Å²) in [5, 5.41) is 3.42. The zero-order valence-electron chi connectivity index (χ0n) is 10.2. The summed E-state index contributed by atoms with van der Waals surface area (Å²) in [6.45, 7) is 4.66. The van der Waals surface area contributed by atoms with Crippen molar-refractivity contribution >= 4 is 5.69 Å². The highest BCUT2D eigenvalue weighted by Gasteiger charge is 2.22. The lowest BCUT2D eigenvalue weighted by molar-refractivity contribution is 0.324. The number of nitrogens with one attached hydrogen (secondary N) is 1. The highest BCUT2D eigenvalue weighted by Crippen LogP contribution is 2.23. The summed E-state index contributed by atoms with van der Waals surface area (Å²) >= 11 is 0. The Morgan fingerprint density at radius 3 is 2.56 bits per heavy atom. The van der Waals surface area contributed by atoms with Crippen LogP contribution in [0.4, 0.5) is 5.69 Å². The van der Waals surface area contributed by atoms with E-state index in [-0.39, 0.29) is 0 Å². The van der Waals surface area contributed by atoms with Crippen molar-refractivity contribution in [1.82, 2.24) is 10.3 Å². The summed E-state index contributed by atoms with van der Waals surface area (Å²) in [4.78, 5) is 6.44. The molecule has 1 unspecified atom stereocenters. The zero-order chi connectivity index (χ0) is 11.4. The lowest BCUT2D eigenvalue weighted by atomic mass is 9.90. The average molecular weight is 219 g/mol. The van der Waals surface area contributed by atoms with Gasteiger partial charge in [-0.25, -0.2) is 0 Å². The van der Waals surface area contributed by atoms with Gasteiger partial charge in [0, 0.05) is 31.2 Å². The fourth-order valence-corrected chi connectivity index (χ4v) is 2.46. The minimum absolute atomic E-state index is 0.601. The molecule has 0 spiro atoms. The molecule has 0 aliphatic carbocycles. The van der Waals surface area contributed by atoms with Gasteiger partial charge >= 0.3 is 0 Å². The Labute approximate surface area is 97.9 Å². The van der Waals surface area contributed by atoms with Gasteiger partial charge in [-0.2, -0.15) is 0 Å². The zero-order valence-corrected chi connectivity index (χ0v) is 10.2. The molecule has 1 N–H and O–H groups in total. The van der Waals surface area contributed by atoms with E-state index in [1.165, 1.54) is 31.6 Å². The number of anilines is 1. The van der Waals surface area contributed by atoms with E-state index in [1.54, 1.807) is 0 Å². The van der Waals surface area contributed by atoms with Crippen LogP contribution in [0.25, 0.3) is 0 Å². The van der Waals surface area contributed by atoms with Gasteiger partial charge < -0.3 is 10.2 Å². The number of nitrogens with zero attached hydrogens (tertiary/aromatic N) is 2. The molecule has 2 rings (SSSR count). The fraction of sp³-hybridized carbons (Fsp3) is 0.615. The first-order chi connectivity index (χ1) is 7.79. The molecule has 16 heavy (non-hydrogen) atoms. The second-order valence-corrected chi connectivity index (χ2v) is 4.64. The van der Waals surface area contributed by atoms with Gasteiger partial charge in [0.05, 0.1) is 0 Å². The van der Waals surface area contributed by atoms with Crippen molar-refractivity contribution < 1.29 is 0 Å². The smallest absolute Gasteiger partial charge is 0.0396 e. The van der Waals surface area contributed by atoms with Crippen LogP contribution in [0.2, 0.25) is 0 Å². The topological polar surface area (TPSA) is 28.2 Å². The highest BCUT2D eigenvalue weighted by atomic mass is 15.1. The van der Waals surface area contributed by atoms with Crippen LogP contribution in [-0.2, 0) is 0 Å². The molecule has 1 aliphatic rings. The number of piperidine rings is 1. The van der Waals surface area contributed by atoms with Gasteiger partial charge in [0.25, 0.3) is 0 Å². The maximum atomic E-state index is 4.06. The van der Waals surface area contributed by atoms with Crippen molar-refractivity contribution in [2.45, 2.75) is 25.8 Å². The summed E-state index contributed by atoms with van der Waals surface area (Å²) < 4.78 is 0. The second-order valence-electron chi connectivity index (χ2n) is 4.64. The molecule has 2 heterocycles. The number of rotatable bonds is 3. The first-order valence-electron chi connectivity index (χ1n) is 6.12. The summed E-state index contributed by atoms with van der Waals surface area (Å²) in [6, 6.07) is 4.76. The van der Waals surface area contributed by atoms with Crippen LogP contribution in [-0.4, -0.2) is 31.2 Å². The molecule has 3 heteroatoms. The predicted octanol–water partition coefficient (Wildman–Crippen LogP) is 1.91. The standard InChI is InChI=1S/C13H21N3/c1-11(12-3-7-14-8-4-12)16(2)13-5-9-15-10-6-13/h5-6,9-12,14H,3-4,7-8H2,1-2H3. The Morgan fingerprint density at radius 1 is 1.31 bits per heavy atom. The van der Waals surface area contributed by atoms with Crippen LogP contribution in [0.1, 0.15) is 19.8 Å². The number of hydrogen-bond acceptors (Lipinski definition) is 3. The SMILES string of the molecule is CC(C1CCNCC1)N(C)c1ccncc1. The third-order valence-corrected chi connectivity index (χ3v) is 3.75. The molecule has 0 radical (unpaired) electrons. The van der Waals surface area contributed by atoms with Gasteiger partial charge in [-0.1, -0.05) is 0 Å². The van der Waals surface area contributed by atoms with Crippen LogP contribution in [0.5, 0.6) is 0 Å². The van der Waals surface area contributed by atoms with Crippen molar-refractivity contribution in [2.24, 2.45) is 5.92 Å². The third kappa shape index (κ3) is 2.53. The van der Waals surface area contributed by atoms with Gasteiger partial charge in [0.15, 0.2) is 0 Å². The maximum Gasteiger partial charge on any atom is 0.0396 e. The Kier molecular flexibility index (Phi) is 3.78. The third-order valence-electron chi connectivity index (χ3n) is 3.75. The monoisotopic (exact) mass is 219 g/mol. The Balaban J connectivity index is 2.00. The van der Waals surface area contributed by atoms with E-state index < -0.39 is 0 Å². The molecular weight excluding hydrogens is 198 g/mol. The van der Waals surface area contributed by atoms with E-state index >= 15 is 0 Å². The van der Waals surface area contributed by atoms with E-state index in [0.717, 1.165) is 5.92 Å². The van der Waals surface area contributed by atoms with Crippen LogP contribution >= 0.6 is 0 Å². The molecular formula is C13H21N3. The van der Waals surface area contributed by atoms with Gasteiger partial charge in [-0.05, 0) is 50.9 Å². The summed E-state index contributed by atoms with van der Waals surface area (Å²) in [6.07, 6.45) is 6.30. The van der Waals surface area contributed by atoms with Crippen LogP contribution in [0.3, 0.4) is 0 Å². The quantitative estimate of drug-likeness (QED) is 0.841. The first-order valence-corrected chi connectivity index (χ1v) is 6.12. The summed E-state index contributed by atoms with van der Waals surface area (Å²) in [5.74, 6) is 0.805. The second kappa shape index (κ2) is 5.30. The van der Waals surface area contributed by atoms with Gasteiger partial charge in [0.1, 0.15) is 0 Å².